The molecule has 2 heterocycles. The topological polar surface area (TPSA) is 79.4 Å². The maximum absolute atomic E-state index is 10.8. The minimum Gasteiger partial charge on any atom is -0.278 e. The van der Waals surface area contributed by atoms with Crippen LogP contribution in [-0.2, 0) is 7.05 Å². The fraction of sp³-hybridized carbons (Fsp3) is 0.143. The number of aromatic nitrogens is 5. The van der Waals surface area contributed by atoms with Crippen molar-refractivity contribution >= 4 is 12.2 Å². The molecule has 0 aliphatic heterocycles. The zero-order valence-electron chi connectivity index (χ0n) is 7.31. The summed E-state index contributed by atoms with van der Waals surface area (Å²) < 4.78 is 2.03. The van der Waals surface area contributed by atoms with Crippen LogP contribution >= 0.6 is 12.2 Å². The second-order valence-corrected chi connectivity index (χ2v) is 3.09. The predicted molar refractivity (Wildman–Crippen MR) is 52.2 cm³/mol. The molecule has 6 nitrogen and oxygen atoms in total. The monoisotopic (exact) mass is 209 g/mol. The van der Waals surface area contributed by atoms with Crippen LogP contribution in [0.15, 0.2) is 16.9 Å². The zero-order chi connectivity index (χ0) is 10.1. The van der Waals surface area contributed by atoms with Crippen molar-refractivity contribution in [2.45, 2.75) is 0 Å². The van der Waals surface area contributed by atoms with E-state index < -0.39 is 0 Å². The molecular formula is C7H7N5OS. The van der Waals surface area contributed by atoms with Gasteiger partial charge in [0.05, 0.1) is 0 Å². The molecule has 0 atom stereocenters. The van der Waals surface area contributed by atoms with Crippen LogP contribution in [0.5, 0.6) is 0 Å². The van der Waals surface area contributed by atoms with E-state index >= 15 is 0 Å². The summed E-state index contributed by atoms with van der Waals surface area (Å²) in [5.41, 5.74) is 0.305. The van der Waals surface area contributed by atoms with Crippen LogP contribution in [0.2, 0.25) is 0 Å². The van der Waals surface area contributed by atoms with Gasteiger partial charge in [-0.15, -0.1) is 0 Å². The summed E-state index contributed by atoms with van der Waals surface area (Å²) in [4.78, 5) is 14.8. The van der Waals surface area contributed by atoms with Crippen molar-refractivity contribution in [2.75, 3.05) is 0 Å². The van der Waals surface area contributed by atoms with Gasteiger partial charge >= 0.3 is 0 Å². The van der Waals surface area contributed by atoms with Crippen molar-refractivity contribution in [1.29, 1.82) is 0 Å². The lowest BCUT2D eigenvalue weighted by Gasteiger charge is -1.92. The number of aryl methyl sites for hydroxylation is 1. The lowest BCUT2D eigenvalue weighted by molar-refractivity contribution is 0.754. The molecule has 2 aromatic rings. The van der Waals surface area contributed by atoms with E-state index in [-0.39, 0.29) is 5.56 Å². The molecule has 0 unspecified atom stereocenters. The minimum absolute atomic E-state index is 0.247. The molecule has 14 heavy (non-hydrogen) atoms. The molecule has 0 fully saturated rings. The zero-order valence-corrected chi connectivity index (χ0v) is 8.13. The quantitative estimate of drug-likeness (QED) is 0.659. The number of hydrogen-bond donors (Lipinski definition) is 2. The Bertz CT molecular complexity index is 545. The van der Waals surface area contributed by atoms with Crippen LogP contribution in [0.4, 0.5) is 0 Å². The minimum atomic E-state index is -0.247. The largest absolute Gasteiger partial charge is 0.278 e. The summed E-state index contributed by atoms with van der Waals surface area (Å²) >= 11 is 4.92. The van der Waals surface area contributed by atoms with Gasteiger partial charge in [0.1, 0.15) is 5.69 Å². The summed E-state index contributed by atoms with van der Waals surface area (Å²) in [6.07, 6.45) is 0. The first-order valence-corrected chi connectivity index (χ1v) is 4.27. The number of aromatic amines is 2. The predicted octanol–water partition coefficient (Wildman–Crippen LogP) is 0.228. The van der Waals surface area contributed by atoms with Crippen LogP contribution in [0.1, 0.15) is 0 Å². The van der Waals surface area contributed by atoms with Gasteiger partial charge < -0.3 is 0 Å². The van der Waals surface area contributed by atoms with Crippen molar-refractivity contribution in [1.82, 2.24) is 25.0 Å². The van der Waals surface area contributed by atoms with Crippen LogP contribution in [0.3, 0.4) is 0 Å². The first-order chi connectivity index (χ1) is 6.66. The summed E-state index contributed by atoms with van der Waals surface area (Å²) in [6, 6.07) is 2.96. The fourth-order valence-electron chi connectivity index (χ4n) is 0.993. The molecule has 0 saturated carbocycles. The molecule has 0 aromatic carbocycles. The second-order valence-electron chi connectivity index (χ2n) is 2.72. The van der Waals surface area contributed by atoms with Crippen molar-refractivity contribution in [2.24, 2.45) is 7.05 Å². The smallest absolute Gasteiger partial charge is 0.264 e. The van der Waals surface area contributed by atoms with Crippen LogP contribution in [0, 0.1) is 4.77 Å². The van der Waals surface area contributed by atoms with Gasteiger partial charge in [-0.3, -0.25) is 14.6 Å². The average Bonchev–Trinajstić information content (AvgIpc) is 2.48. The third kappa shape index (κ3) is 1.49. The van der Waals surface area contributed by atoms with Crippen molar-refractivity contribution in [3.8, 4) is 11.5 Å². The fourth-order valence-corrected chi connectivity index (χ4v) is 1.13. The van der Waals surface area contributed by atoms with E-state index in [1.165, 1.54) is 6.07 Å². The molecule has 0 saturated heterocycles. The van der Waals surface area contributed by atoms with Gasteiger partial charge in [-0.25, -0.2) is 5.10 Å². The maximum atomic E-state index is 10.8. The van der Waals surface area contributed by atoms with E-state index in [1.54, 1.807) is 17.8 Å². The van der Waals surface area contributed by atoms with Crippen LogP contribution < -0.4 is 5.56 Å². The van der Waals surface area contributed by atoms with Crippen molar-refractivity contribution in [3.63, 3.8) is 0 Å². The highest BCUT2D eigenvalue weighted by Gasteiger charge is 2.03. The molecule has 0 amide bonds. The standard InChI is InChI=1S/C7H7N5OS/c1-12-7(14)8-6(11-12)4-2-3-5(13)10-9-4/h2-3H,1H3,(H,10,13)(H,8,11,14). The van der Waals surface area contributed by atoms with Gasteiger partial charge in [0.15, 0.2) is 5.82 Å². The molecule has 2 aromatic heterocycles. The molecular weight excluding hydrogens is 202 g/mol. The Hall–Kier alpha value is -1.76. The van der Waals surface area contributed by atoms with E-state index in [4.69, 9.17) is 12.2 Å². The summed E-state index contributed by atoms with van der Waals surface area (Å²) in [5, 5.41) is 9.03. The normalized spacial score (nSPS) is 10.4. The molecule has 0 aliphatic carbocycles. The van der Waals surface area contributed by atoms with E-state index in [0.717, 1.165) is 0 Å². The highest BCUT2D eigenvalue weighted by atomic mass is 32.1. The molecule has 2 rings (SSSR count). The highest BCUT2D eigenvalue weighted by molar-refractivity contribution is 7.71. The third-order valence-corrected chi connectivity index (χ3v) is 2.05. The van der Waals surface area contributed by atoms with Gasteiger partial charge in [-0.05, 0) is 18.3 Å². The third-order valence-electron chi connectivity index (χ3n) is 1.69. The number of nitrogens with one attached hydrogen (secondary N) is 2. The Labute approximate surface area is 83.6 Å². The average molecular weight is 209 g/mol. The number of H-pyrrole nitrogens is 2. The molecule has 0 aliphatic rings. The number of nitrogens with zero attached hydrogens (tertiary/aromatic N) is 3. The summed E-state index contributed by atoms with van der Waals surface area (Å²) in [7, 11) is 1.75. The van der Waals surface area contributed by atoms with E-state index in [2.05, 4.69) is 20.3 Å². The van der Waals surface area contributed by atoms with Gasteiger partial charge in [0, 0.05) is 13.1 Å². The Kier molecular flexibility index (Phi) is 2.01. The lowest BCUT2D eigenvalue weighted by Crippen LogP contribution is -2.06. The molecule has 2 N–H and O–H groups in total. The Morgan fingerprint density at radius 2 is 2.29 bits per heavy atom. The van der Waals surface area contributed by atoms with Gasteiger partial charge in [-0.1, -0.05) is 0 Å². The SMILES string of the molecule is Cn1[nH]c(-c2ccc(=O)[nH]n2)nc1=S. The van der Waals surface area contributed by atoms with Crippen LogP contribution in [0.25, 0.3) is 11.5 Å². The molecule has 72 valence electrons. The Morgan fingerprint density at radius 1 is 1.50 bits per heavy atom. The number of rotatable bonds is 1. The molecule has 7 heteroatoms. The number of hydrogen-bond acceptors (Lipinski definition) is 4. The van der Waals surface area contributed by atoms with Gasteiger partial charge in [0.2, 0.25) is 4.77 Å². The van der Waals surface area contributed by atoms with Crippen LogP contribution in [-0.4, -0.2) is 25.0 Å². The van der Waals surface area contributed by atoms with E-state index in [1.807, 2.05) is 0 Å². The summed E-state index contributed by atoms with van der Waals surface area (Å²) in [6.45, 7) is 0. The first kappa shape index (κ1) is 8.82. The highest BCUT2D eigenvalue weighted by Crippen LogP contribution is 2.07. The second kappa shape index (κ2) is 3.18. The first-order valence-electron chi connectivity index (χ1n) is 3.86. The van der Waals surface area contributed by atoms with Crippen molar-refractivity contribution < 1.29 is 0 Å². The van der Waals surface area contributed by atoms with Gasteiger partial charge in [-0.2, -0.15) is 10.1 Å². The summed E-state index contributed by atoms with van der Waals surface area (Å²) in [5.74, 6) is 0.536. The maximum Gasteiger partial charge on any atom is 0.264 e. The van der Waals surface area contributed by atoms with E-state index in [9.17, 15) is 4.79 Å². The van der Waals surface area contributed by atoms with E-state index in [0.29, 0.717) is 16.3 Å². The Morgan fingerprint density at radius 3 is 2.79 bits per heavy atom. The molecule has 0 bridgehead atoms. The molecule has 0 spiro atoms. The molecule has 0 radical (unpaired) electrons. The van der Waals surface area contributed by atoms with Crippen molar-refractivity contribution in [3.05, 3.63) is 27.3 Å². The Balaban J connectivity index is 2.55. The van der Waals surface area contributed by atoms with Gasteiger partial charge in [0.25, 0.3) is 5.56 Å². The lowest BCUT2D eigenvalue weighted by atomic mass is 10.4.